The van der Waals surface area contributed by atoms with E-state index in [9.17, 15) is 4.79 Å². The van der Waals surface area contributed by atoms with Gasteiger partial charge in [0.1, 0.15) is 0 Å². The van der Waals surface area contributed by atoms with Crippen LogP contribution >= 0.6 is 22.6 Å². The van der Waals surface area contributed by atoms with E-state index in [4.69, 9.17) is 0 Å². The Morgan fingerprint density at radius 2 is 1.73 bits per heavy atom. The van der Waals surface area contributed by atoms with Crippen LogP contribution in [0.1, 0.15) is 21.5 Å². The molecule has 1 aliphatic carbocycles. The first-order valence-electron chi connectivity index (χ1n) is 7.33. The van der Waals surface area contributed by atoms with Crippen LogP contribution in [0.4, 0.5) is 5.69 Å². The molecule has 3 aromatic rings. The van der Waals surface area contributed by atoms with Crippen LogP contribution in [0.15, 0.2) is 54.6 Å². The summed E-state index contributed by atoms with van der Waals surface area (Å²) in [5.74, 6) is -0.0581. The summed E-state index contributed by atoms with van der Waals surface area (Å²) in [4.78, 5) is 12.5. The second-order valence-corrected chi connectivity index (χ2v) is 6.82. The van der Waals surface area contributed by atoms with Gasteiger partial charge in [0.2, 0.25) is 0 Å². The van der Waals surface area contributed by atoms with Crippen LogP contribution in [0.5, 0.6) is 0 Å². The van der Waals surface area contributed by atoms with Crippen LogP contribution < -0.4 is 5.32 Å². The van der Waals surface area contributed by atoms with Crippen LogP contribution in [0.25, 0.3) is 10.8 Å². The number of hydrogen-bond donors (Lipinski definition) is 1. The van der Waals surface area contributed by atoms with Crippen LogP contribution in [0.2, 0.25) is 0 Å². The molecule has 0 aromatic heterocycles. The summed E-state index contributed by atoms with van der Waals surface area (Å²) in [7, 11) is 0. The van der Waals surface area contributed by atoms with Gasteiger partial charge in [-0.15, -0.1) is 0 Å². The highest BCUT2D eigenvalue weighted by Gasteiger charge is 2.17. The molecule has 22 heavy (non-hydrogen) atoms. The summed E-state index contributed by atoms with van der Waals surface area (Å²) < 4.78 is 1.06. The lowest BCUT2D eigenvalue weighted by Gasteiger charge is -2.11. The van der Waals surface area contributed by atoms with Gasteiger partial charge in [0.25, 0.3) is 5.91 Å². The van der Waals surface area contributed by atoms with E-state index in [0.29, 0.717) is 5.56 Å². The molecule has 0 spiro atoms. The average molecular weight is 399 g/mol. The van der Waals surface area contributed by atoms with Crippen molar-refractivity contribution in [3.05, 3.63) is 74.9 Å². The fourth-order valence-corrected chi connectivity index (χ4v) is 3.72. The van der Waals surface area contributed by atoms with E-state index >= 15 is 0 Å². The molecule has 0 unspecified atom stereocenters. The number of hydrogen-bond acceptors (Lipinski definition) is 1. The summed E-state index contributed by atoms with van der Waals surface area (Å²) in [6.45, 7) is 0. The number of benzene rings is 3. The summed E-state index contributed by atoms with van der Waals surface area (Å²) in [5, 5.41) is 5.54. The molecule has 0 fully saturated rings. The maximum atomic E-state index is 12.5. The zero-order valence-corrected chi connectivity index (χ0v) is 14.1. The van der Waals surface area contributed by atoms with E-state index in [0.717, 1.165) is 27.5 Å². The molecular formula is C19H14INO. The molecule has 3 heteroatoms. The molecule has 0 radical (unpaired) electrons. The average Bonchev–Trinajstić information content (AvgIpc) is 2.95. The molecule has 4 rings (SSSR count). The molecule has 0 heterocycles. The highest BCUT2D eigenvalue weighted by molar-refractivity contribution is 14.1. The fraction of sp³-hybridized carbons (Fsp3) is 0.105. The Bertz CT molecular complexity index is 891. The maximum absolute atomic E-state index is 12.5. The molecule has 3 aromatic carbocycles. The Balaban J connectivity index is 1.75. The monoisotopic (exact) mass is 399 g/mol. The number of carbonyl (C=O) groups is 1. The van der Waals surface area contributed by atoms with Crippen molar-refractivity contribution in [3.8, 4) is 0 Å². The van der Waals surface area contributed by atoms with Crippen LogP contribution in [-0.2, 0) is 12.8 Å². The molecule has 2 nitrogen and oxygen atoms in total. The van der Waals surface area contributed by atoms with Gasteiger partial charge in [-0.05, 0) is 76.2 Å². The van der Waals surface area contributed by atoms with Gasteiger partial charge in [0.15, 0.2) is 0 Å². The van der Waals surface area contributed by atoms with Gasteiger partial charge < -0.3 is 5.32 Å². The molecule has 0 saturated heterocycles. The minimum absolute atomic E-state index is 0.0581. The molecule has 1 aliphatic rings. The van der Waals surface area contributed by atoms with Crippen molar-refractivity contribution < 1.29 is 4.79 Å². The lowest BCUT2D eigenvalue weighted by molar-refractivity contribution is 0.102. The minimum atomic E-state index is -0.0581. The highest BCUT2D eigenvalue weighted by Crippen LogP contribution is 2.35. The molecular weight excluding hydrogens is 385 g/mol. The summed E-state index contributed by atoms with van der Waals surface area (Å²) in [6, 6.07) is 18.2. The number of anilines is 1. The van der Waals surface area contributed by atoms with E-state index < -0.39 is 0 Å². The largest absolute Gasteiger partial charge is 0.321 e. The predicted molar refractivity (Wildman–Crippen MR) is 98.5 cm³/mol. The number of aryl methyl sites for hydroxylation is 2. The summed E-state index contributed by atoms with van der Waals surface area (Å²) >= 11 is 2.22. The maximum Gasteiger partial charge on any atom is 0.255 e. The van der Waals surface area contributed by atoms with Gasteiger partial charge in [-0.3, -0.25) is 4.79 Å². The standard InChI is InChI=1S/C19H14INO/c20-15-5-1-4-14(11-15)19(22)21-17-10-9-13-8-7-12-3-2-6-16(17)18(12)13/h1-6,9-11H,7-8H2,(H,21,22). The predicted octanol–water partition coefficient (Wildman–Crippen LogP) is 4.80. The van der Waals surface area contributed by atoms with E-state index in [1.807, 2.05) is 30.3 Å². The normalized spacial score (nSPS) is 12.6. The molecule has 1 N–H and O–H groups in total. The lowest BCUT2D eigenvalue weighted by atomic mass is 10.0. The van der Waals surface area contributed by atoms with Crippen molar-refractivity contribution >= 4 is 45.0 Å². The number of rotatable bonds is 2. The smallest absolute Gasteiger partial charge is 0.255 e. The van der Waals surface area contributed by atoms with E-state index in [-0.39, 0.29) is 5.91 Å². The zero-order valence-electron chi connectivity index (χ0n) is 11.9. The van der Waals surface area contributed by atoms with Crippen molar-refractivity contribution in [2.45, 2.75) is 12.8 Å². The first-order chi connectivity index (χ1) is 10.7. The Labute approximate surface area is 142 Å². The Morgan fingerprint density at radius 3 is 2.55 bits per heavy atom. The van der Waals surface area contributed by atoms with Gasteiger partial charge in [0.05, 0.1) is 0 Å². The van der Waals surface area contributed by atoms with Gasteiger partial charge in [-0.1, -0.05) is 30.3 Å². The van der Waals surface area contributed by atoms with Crippen LogP contribution in [-0.4, -0.2) is 5.91 Å². The highest BCUT2D eigenvalue weighted by atomic mass is 127. The molecule has 108 valence electrons. The summed E-state index contributed by atoms with van der Waals surface area (Å²) in [6.07, 6.45) is 2.20. The Morgan fingerprint density at radius 1 is 0.955 bits per heavy atom. The number of halogens is 1. The fourth-order valence-electron chi connectivity index (χ4n) is 3.18. The molecule has 0 saturated carbocycles. The lowest BCUT2D eigenvalue weighted by Crippen LogP contribution is -2.12. The van der Waals surface area contributed by atoms with Crippen molar-refractivity contribution in [2.75, 3.05) is 5.32 Å². The van der Waals surface area contributed by atoms with Crippen molar-refractivity contribution in [2.24, 2.45) is 0 Å². The number of nitrogens with one attached hydrogen (secondary N) is 1. The van der Waals surface area contributed by atoms with Crippen LogP contribution in [0.3, 0.4) is 0 Å². The molecule has 0 aliphatic heterocycles. The quantitative estimate of drug-likeness (QED) is 0.617. The van der Waals surface area contributed by atoms with E-state index in [2.05, 4.69) is 52.2 Å². The first kappa shape index (κ1) is 13.8. The van der Waals surface area contributed by atoms with Gasteiger partial charge in [-0.2, -0.15) is 0 Å². The van der Waals surface area contributed by atoms with Gasteiger partial charge in [0, 0.05) is 20.2 Å². The first-order valence-corrected chi connectivity index (χ1v) is 8.41. The number of amides is 1. The van der Waals surface area contributed by atoms with Gasteiger partial charge in [-0.25, -0.2) is 0 Å². The second-order valence-electron chi connectivity index (χ2n) is 5.58. The van der Waals surface area contributed by atoms with Gasteiger partial charge >= 0.3 is 0 Å². The third kappa shape index (κ3) is 2.29. The number of carbonyl (C=O) groups excluding carboxylic acids is 1. The van der Waals surface area contributed by atoms with Crippen molar-refractivity contribution in [1.29, 1.82) is 0 Å². The van der Waals surface area contributed by atoms with Crippen LogP contribution in [0, 0.1) is 3.57 Å². The summed E-state index contributed by atoms with van der Waals surface area (Å²) in [5.41, 5.74) is 4.36. The Hall–Kier alpha value is -1.88. The van der Waals surface area contributed by atoms with Crippen molar-refractivity contribution in [1.82, 2.24) is 0 Å². The Kier molecular flexibility index (Phi) is 3.37. The molecule has 0 bridgehead atoms. The third-order valence-electron chi connectivity index (χ3n) is 4.21. The second kappa shape index (κ2) is 5.39. The SMILES string of the molecule is O=C(Nc1ccc2c3c(cccc13)CC2)c1cccc(I)c1. The minimum Gasteiger partial charge on any atom is -0.321 e. The zero-order chi connectivity index (χ0) is 15.1. The van der Waals surface area contributed by atoms with Crippen molar-refractivity contribution in [3.63, 3.8) is 0 Å². The van der Waals surface area contributed by atoms with E-state index in [1.165, 1.54) is 16.5 Å². The molecule has 0 atom stereocenters. The third-order valence-corrected chi connectivity index (χ3v) is 4.88. The topological polar surface area (TPSA) is 29.1 Å². The van der Waals surface area contributed by atoms with E-state index in [1.54, 1.807) is 0 Å². The molecule has 1 amide bonds.